The Morgan fingerprint density at radius 1 is 0.905 bits per heavy atom. The predicted octanol–water partition coefficient (Wildman–Crippen LogP) is 9.96. The number of rotatable bonds is 5. The summed E-state index contributed by atoms with van der Waals surface area (Å²) in [5.74, 6) is 1.89. The second kappa shape index (κ2) is 10.6. The smallest absolute Gasteiger partial charge is 0.262 e. The normalized spacial score (nSPS) is 18.5. The summed E-state index contributed by atoms with van der Waals surface area (Å²) in [5.41, 5.74) is 5.31. The summed E-state index contributed by atoms with van der Waals surface area (Å²) in [5, 5.41) is 6.29. The topological polar surface area (TPSA) is 16.4 Å². The van der Waals surface area contributed by atoms with Crippen molar-refractivity contribution in [2.75, 3.05) is 11.4 Å². The first-order chi connectivity index (χ1) is 20.4. The molecule has 0 atom stereocenters. The third-order valence-corrected chi connectivity index (χ3v) is 9.67. The molecule has 3 nitrogen and oxygen atoms in total. The van der Waals surface area contributed by atoms with Gasteiger partial charge in [0.05, 0.1) is 5.69 Å². The summed E-state index contributed by atoms with van der Waals surface area (Å²) in [7, 11) is 0. The Kier molecular flexibility index (Phi) is 6.74. The van der Waals surface area contributed by atoms with Gasteiger partial charge in [0.1, 0.15) is 11.2 Å². The van der Waals surface area contributed by atoms with Gasteiger partial charge in [0.15, 0.2) is 5.75 Å². The minimum atomic E-state index is 0.176. The molecule has 4 aromatic carbocycles. The van der Waals surface area contributed by atoms with E-state index in [2.05, 4.69) is 140 Å². The van der Waals surface area contributed by atoms with Crippen LogP contribution in [0.15, 0.2) is 114 Å². The number of aromatic nitrogens is 1. The molecular weight excluding hydrogens is 532 g/mol. The van der Waals surface area contributed by atoms with Crippen molar-refractivity contribution in [2.45, 2.75) is 47.1 Å². The lowest BCUT2D eigenvalue weighted by molar-refractivity contribution is -0.665. The number of hydrogen-bond donors (Lipinski definition) is 0. The van der Waals surface area contributed by atoms with Crippen molar-refractivity contribution in [3.63, 3.8) is 0 Å². The average Bonchev–Trinajstić information content (AvgIpc) is 3.53. The standard InChI is InChI=1S/C38H37N2OS/c1-5-39-32-20-18-28-13-7-9-15-30(28)36(32)41-34(39)23-27-22-26(24-38(3,4)25-27)12-11-17-35-40(6-2)33-21-19-29-14-8-10-16-31(29)37(33)42-35/h7-23H,5-6,24-25H2,1-4H3/q+1. The zero-order chi connectivity index (χ0) is 28.8. The minimum absolute atomic E-state index is 0.176. The molecule has 0 saturated heterocycles. The van der Waals surface area contributed by atoms with Gasteiger partial charge < -0.3 is 9.64 Å². The molecule has 42 heavy (non-hydrogen) atoms. The van der Waals surface area contributed by atoms with Crippen LogP contribution < -0.4 is 14.2 Å². The largest absolute Gasteiger partial charge is 0.438 e. The zero-order valence-corrected chi connectivity index (χ0v) is 25.7. The van der Waals surface area contributed by atoms with Crippen molar-refractivity contribution in [3.05, 3.63) is 119 Å². The monoisotopic (exact) mass is 569 g/mol. The molecule has 0 fully saturated rings. The fourth-order valence-electron chi connectivity index (χ4n) is 6.66. The number of thiazole rings is 1. The van der Waals surface area contributed by atoms with Crippen LogP contribution in [0.4, 0.5) is 5.69 Å². The van der Waals surface area contributed by atoms with Gasteiger partial charge in [0.25, 0.3) is 5.01 Å². The first-order valence-corrected chi connectivity index (χ1v) is 15.9. The van der Waals surface area contributed by atoms with Gasteiger partial charge in [-0.1, -0.05) is 98.0 Å². The van der Waals surface area contributed by atoms with E-state index >= 15 is 0 Å². The Bertz CT molecular complexity index is 1970. The number of allylic oxidation sites excluding steroid dienone is 6. The van der Waals surface area contributed by atoms with Gasteiger partial charge in [-0.25, -0.2) is 0 Å². The highest BCUT2D eigenvalue weighted by atomic mass is 32.1. The Balaban J connectivity index is 1.21. The Labute approximate surface area is 252 Å². The summed E-state index contributed by atoms with van der Waals surface area (Å²) in [6, 6.07) is 26.1. The highest BCUT2D eigenvalue weighted by Crippen LogP contribution is 2.45. The van der Waals surface area contributed by atoms with Gasteiger partial charge in [-0.2, -0.15) is 4.57 Å². The number of fused-ring (bicyclic) bond motifs is 6. The van der Waals surface area contributed by atoms with Crippen LogP contribution in [0.3, 0.4) is 0 Å². The van der Waals surface area contributed by atoms with Gasteiger partial charge in [-0.15, -0.1) is 0 Å². The van der Waals surface area contributed by atoms with Crippen LogP contribution >= 0.6 is 11.3 Å². The number of anilines is 1. The summed E-state index contributed by atoms with van der Waals surface area (Å²) in [6.45, 7) is 11.0. The summed E-state index contributed by atoms with van der Waals surface area (Å²) >= 11 is 1.88. The van der Waals surface area contributed by atoms with Crippen molar-refractivity contribution in [1.82, 2.24) is 0 Å². The first-order valence-electron chi connectivity index (χ1n) is 15.0. The van der Waals surface area contributed by atoms with Crippen molar-refractivity contribution < 1.29 is 9.30 Å². The lowest BCUT2D eigenvalue weighted by Crippen LogP contribution is -2.33. The number of ether oxygens (including phenoxy) is 1. The van der Waals surface area contributed by atoms with Crippen LogP contribution in [0.25, 0.3) is 37.8 Å². The van der Waals surface area contributed by atoms with E-state index in [0.717, 1.165) is 43.3 Å². The Morgan fingerprint density at radius 3 is 2.43 bits per heavy atom. The fourth-order valence-corrected chi connectivity index (χ4v) is 7.94. The second-order valence-corrected chi connectivity index (χ2v) is 13.2. The van der Waals surface area contributed by atoms with Crippen molar-refractivity contribution in [1.29, 1.82) is 0 Å². The van der Waals surface area contributed by atoms with Crippen LogP contribution in [-0.4, -0.2) is 6.54 Å². The molecule has 5 aromatic rings. The second-order valence-electron chi connectivity index (χ2n) is 12.1. The number of aryl methyl sites for hydroxylation is 1. The molecule has 2 aliphatic rings. The van der Waals surface area contributed by atoms with E-state index in [0.29, 0.717) is 0 Å². The van der Waals surface area contributed by atoms with Gasteiger partial charge in [-0.3, -0.25) is 0 Å². The van der Waals surface area contributed by atoms with Crippen LogP contribution in [0.1, 0.15) is 45.5 Å². The molecule has 210 valence electrons. The van der Waals surface area contributed by atoms with Gasteiger partial charge in [0, 0.05) is 35.5 Å². The quantitative estimate of drug-likeness (QED) is 0.196. The van der Waals surface area contributed by atoms with E-state index in [4.69, 9.17) is 4.74 Å². The highest BCUT2D eigenvalue weighted by Gasteiger charge is 2.30. The number of benzene rings is 4. The minimum Gasteiger partial charge on any atom is -0.438 e. The molecule has 7 rings (SSSR count). The molecule has 4 heteroatoms. The molecule has 0 N–H and O–H groups in total. The third-order valence-electron chi connectivity index (χ3n) is 8.47. The molecular formula is C38H37N2OS+. The molecule has 2 heterocycles. The maximum absolute atomic E-state index is 6.57. The van der Waals surface area contributed by atoms with E-state index in [1.54, 1.807) is 0 Å². The molecule has 1 aliphatic carbocycles. The van der Waals surface area contributed by atoms with E-state index in [1.807, 2.05) is 11.3 Å². The Morgan fingerprint density at radius 2 is 1.64 bits per heavy atom. The van der Waals surface area contributed by atoms with E-state index in [1.165, 1.54) is 47.9 Å². The molecule has 0 saturated carbocycles. The maximum atomic E-state index is 6.57. The predicted molar refractivity (Wildman–Crippen MR) is 179 cm³/mol. The highest BCUT2D eigenvalue weighted by molar-refractivity contribution is 7.19. The summed E-state index contributed by atoms with van der Waals surface area (Å²) in [4.78, 5) is 2.29. The van der Waals surface area contributed by atoms with Crippen LogP contribution in [0, 0.1) is 5.41 Å². The molecule has 1 aromatic heterocycles. The van der Waals surface area contributed by atoms with Crippen LogP contribution in [0.5, 0.6) is 5.75 Å². The fraction of sp³-hybridized carbons (Fsp3) is 0.237. The molecule has 0 radical (unpaired) electrons. The zero-order valence-electron chi connectivity index (χ0n) is 24.9. The van der Waals surface area contributed by atoms with E-state index in [9.17, 15) is 0 Å². The number of nitrogens with zero attached hydrogens (tertiary/aromatic N) is 2. The molecule has 1 aliphatic heterocycles. The summed E-state index contributed by atoms with van der Waals surface area (Å²) < 4.78 is 10.4. The Hall–Kier alpha value is -4.15. The van der Waals surface area contributed by atoms with Crippen molar-refractivity contribution >= 4 is 54.9 Å². The van der Waals surface area contributed by atoms with Crippen molar-refractivity contribution in [3.8, 4) is 5.75 Å². The summed E-state index contributed by atoms with van der Waals surface area (Å²) in [6.07, 6.45) is 13.5. The van der Waals surface area contributed by atoms with E-state index < -0.39 is 0 Å². The van der Waals surface area contributed by atoms with Crippen LogP contribution in [-0.2, 0) is 6.54 Å². The maximum Gasteiger partial charge on any atom is 0.262 e. The molecule has 0 spiro atoms. The van der Waals surface area contributed by atoms with Crippen LogP contribution in [0.2, 0.25) is 0 Å². The van der Waals surface area contributed by atoms with Gasteiger partial charge in [-0.05, 0) is 66.2 Å². The number of hydrogen-bond acceptors (Lipinski definition) is 3. The van der Waals surface area contributed by atoms with Crippen molar-refractivity contribution in [2.24, 2.45) is 5.41 Å². The van der Waals surface area contributed by atoms with E-state index in [-0.39, 0.29) is 5.41 Å². The first kappa shape index (κ1) is 26.7. The lowest BCUT2D eigenvalue weighted by Gasteiger charge is -2.30. The third kappa shape index (κ3) is 4.74. The van der Waals surface area contributed by atoms with Gasteiger partial charge >= 0.3 is 0 Å². The SMILES string of the molecule is CCN1C(=CC2=C/C(=C\C=C\c3sc4c5ccccc5ccc4[n+]3CC)CC(C)(C)C2)Oc2c1ccc1ccccc21. The molecule has 0 amide bonds. The molecule has 0 unspecified atom stereocenters. The molecule has 0 bridgehead atoms. The van der Waals surface area contributed by atoms with Gasteiger partial charge in [0.2, 0.25) is 11.4 Å². The average molecular weight is 570 g/mol. The lowest BCUT2D eigenvalue weighted by atomic mass is 9.75.